The molecule has 1 fully saturated rings. The Hall–Kier alpha value is -2.19. The number of anilines is 3. The van der Waals surface area contributed by atoms with Crippen molar-refractivity contribution in [2.45, 2.75) is 6.92 Å². The maximum absolute atomic E-state index is 10.9. The largest absolute Gasteiger partial charge is 0.394 e. The first-order chi connectivity index (χ1) is 11.8. The first kappa shape index (κ1) is 17.6. The number of nitrogen functional groups attached to an aromatic ring is 1. The van der Waals surface area contributed by atoms with Gasteiger partial charge in [-0.25, -0.2) is 0 Å². The highest BCUT2D eigenvalue weighted by Gasteiger charge is 2.26. The van der Waals surface area contributed by atoms with E-state index in [0.717, 1.165) is 11.5 Å². The van der Waals surface area contributed by atoms with Crippen molar-refractivity contribution in [2.75, 3.05) is 41.7 Å². The SMILES string of the molecule is Cc1nn(C)c(N2CCN(c3c(Cl)cc([N+](=O)[O-])cc3Cl)CC2)c1N. The third kappa shape index (κ3) is 3.19. The van der Waals surface area contributed by atoms with Gasteiger partial charge in [0, 0.05) is 45.4 Å². The van der Waals surface area contributed by atoms with Gasteiger partial charge in [0.15, 0.2) is 5.82 Å². The molecule has 8 nitrogen and oxygen atoms in total. The molecule has 0 amide bonds. The minimum absolute atomic E-state index is 0.115. The van der Waals surface area contributed by atoms with Crippen LogP contribution in [0.15, 0.2) is 12.1 Å². The van der Waals surface area contributed by atoms with Gasteiger partial charge in [0.2, 0.25) is 0 Å². The fourth-order valence-electron chi connectivity index (χ4n) is 3.14. The number of rotatable bonds is 3. The topological polar surface area (TPSA) is 93.5 Å². The number of aromatic nitrogens is 2. The van der Waals surface area contributed by atoms with Crippen molar-refractivity contribution in [3.05, 3.63) is 38.0 Å². The van der Waals surface area contributed by atoms with Crippen LogP contribution in [0.25, 0.3) is 0 Å². The maximum atomic E-state index is 10.9. The number of nitro groups is 1. The van der Waals surface area contributed by atoms with Crippen molar-refractivity contribution < 1.29 is 4.92 Å². The summed E-state index contributed by atoms with van der Waals surface area (Å²) in [5, 5.41) is 15.8. The van der Waals surface area contributed by atoms with Crippen molar-refractivity contribution in [3.8, 4) is 0 Å². The standard InChI is InChI=1S/C15H18Cl2N6O2/c1-9-13(18)15(20(2)19-9)22-5-3-21(4-6-22)14-11(16)7-10(23(24)25)8-12(14)17/h7-8H,3-6,18H2,1-2H3. The lowest BCUT2D eigenvalue weighted by atomic mass is 10.2. The molecule has 0 saturated carbocycles. The highest BCUT2D eigenvalue weighted by molar-refractivity contribution is 6.39. The van der Waals surface area contributed by atoms with Gasteiger partial charge in [-0.2, -0.15) is 5.10 Å². The molecular weight excluding hydrogens is 367 g/mol. The van der Waals surface area contributed by atoms with Crippen molar-refractivity contribution in [3.63, 3.8) is 0 Å². The van der Waals surface area contributed by atoms with Crippen molar-refractivity contribution in [2.24, 2.45) is 7.05 Å². The van der Waals surface area contributed by atoms with Gasteiger partial charge in [0.1, 0.15) is 0 Å². The molecule has 0 spiro atoms. The second kappa shape index (κ2) is 6.61. The Labute approximate surface area is 154 Å². The maximum Gasteiger partial charge on any atom is 0.272 e. The van der Waals surface area contributed by atoms with Crippen LogP contribution in [0.1, 0.15) is 5.69 Å². The van der Waals surface area contributed by atoms with Gasteiger partial charge in [-0.15, -0.1) is 0 Å². The van der Waals surface area contributed by atoms with E-state index in [1.165, 1.54) is 12.1 Å². The van der Waals surface area contributed by atoms with Gasteiger partial charge in [0.05, 0.1) is 32.0 Å². The molecule has 1 aliphatic heterocycles. The van der Waals surface area contributed by atoms with E-state index < -0.39 is 4.92 Å². The molecule has 0 aliphatic carbocycles. The Morgan fingerprint density at radius 3 is 2.12 bits per heavy atom. The van der Waals surface area contributed by atoms with Gasteiger partial charge in [-0.3, -0.25) is 14.8 Å². The third-order valence-corrected chi connectivity index (χ3v) is 4.92. The average Bonchev–Trinajstić information content (AvgIpc) is 2.80. The minimum Gasteiger partial charge on any atom is -0.394 e. The minimum atomic E-state index is -0.507. The number of hydrogen-bond donors (Lipinski definition) is 1. The van der Waals surface area contributed by atoms with Crippen LogP contribution in [0.2, 0.25) is 10.0 Å². The summed E-state index contributed by atoms with van der Waals surface area (Å²) in [6.45, 7) is 4.65. The van der Waals surface area contributed by atoms with Gasteiger partial charge >= 0.3 is 0 Å². The van der Waals surface area contributed by atoms with E-state index in [1.54, 1.807) is 4.68 Å². The number of benzene rings is 1. The number of nitro benzene ring substituents is 1. The Balaban J connectivity index is 1.80. The molecule has 2 N–H and O–H groups in total. The summed E-state index contributed by atoms with van der Waals surface area (Å²) in [5.41, 5.74) is 8.13. The summed E-state index contributed by atoms with van der Waals surface area (Å²) in [6, 6.07) is 2.66. The Bertz CT molecular complexity index is 807. The highest BCUT2D eigenvalue weighted by atomic mass is 35.5. The Morgan fingerprint density at radius 1 is 1.16 bits per heavy atom. The number of halogens is 2. The van der Waals surface area contributed by atoms with Crippen LogP contribution in [0.3, 0.4) is 0 Å². The Morgan fingerprint density at radius 2 is 1.68 bits per heavy atom. The summed E-state index contributed by atoms with van der Waals surface area (Å²) in [4.78, 5) is 14.6. The van der Waals surface area contributed by atoms with Crippen molar-refractivity contribution in [1.82, 2.24) is 9.78 Å². The molecule has 134 valence electrons. The van der Waals surface area contributed by atoms with Crippen LogP contribution in [0, 0.1) is 17.0 Å². The van der Waals surface area contributed by atoms with E-state index in [4.69, 9.17) is 28.9 Å². The smallest absolute Gasteiger partial charge is 0.272 e. The van der Waals surface area contributed by atoms with Crippen molar-refractivity contribution >= 4 is 46.1 Å². The number of hydrogen-bond acceptors (Lipinski definition) is 6. The molecular formula is C15H18Cl2N6O2. The first-order valence-corrected chi connectivity index (χ1v) is 8.47. The second-order valence-corrected chi connectivity index (χ2v) is 6.75. The quantitative estimate of drug-likeness (QED) is 0.645. The summed E-state index contributed by atoms with van der Waals surface area (Å²) < 4.78 is 1.78. The lowest BCUT2D eigenvalue weighted by Gasteiger charge is -2.37. The van der Waals surface area contributed by atoms with Crippen molar-refractivity contribution in [1.29, 1.82) is 0 Å². The predicted molar refractivity (Wildman–Crippen MR) is 99.9 cm³/mol. The van der Waals surface area contributed by atoms with Crippen LogP contribution < -0.4 is 15.5 Å². The molecule has 1 aliphatic rings. The molecule has 3 rings (SSSR count). The number of nitrogens with two attached hydrogens (primary N) is 1. The van der Waals surface area contributed by atoms with E-state index in [1.807, 2.05) is 18.9 Å². The molecule has 0 radical (unpaired) electrons. The molecule has 0 bridgehead atoms. The van der Waals surface area contributed by atoms with E-state index in [0.29, 0.717) is 37.6 Å². The number of nitrogens with zero attached hydrogens (tertiary/aromatic N) is 5. The summed E-state index contributed by atoms with van der Waals surface area (Å²) in [6.07, 6.45) is 0. The van der Waals surface area contributed by atoms with Crippen LogP contribution in [0.5, 0.6) is 0 Å². The molecule has 0 atom stereocenters. The molecule has 1 saturated heterocycles. The summed E-state index contributed by atoms with van der Waals surface area (Å²) in [7, 11) is 1.87. The zero-order valence-electron chi connectivity index (χ0n) is 13.9. The molecule has 1 aromatic carbocycles. The second-order valence-electron chi connectivity index (χ2n) is 5.94. The predicted octanol–water partition coefficient (Wildman–Crippen LogP) is 2.85. The summed E-state index contributed by atoms with van der Waals surface area (Å²) >= 11 is 12.5. The number of aryl methyl sites for hydroxylation is 2. The van der Waals surface area contributed by atoms with Crippen LogP contribution >= 0.6 is 23.2 Å². The van der Waals surface area contributed by atoms with Gasteiger partial charge in [0.25, 0.3) is 5.69 Å². The number of non-ortho nitro benzene ring substituents is 1. The molecule has 2 heterocycles. The van der Waals surface area contributed by atoms with Crippen LogP contribution in [0.4, 0.5) is 22.9 Å². The Kier molecular flexibility index (Phi) is 4.66. The monoisotopic (exact) mass is 384 g/mol. The fraction of sp³-hybridized carbons (Fsp3) is 0.400. The molecule has 25 heavy (non-hydrogen) atoms. The normalized spacial score (nSPS) is 14.9. The fourth-order valence-corrected chi connectivity index (χ4v) is 3.85. The van der Waals surface area contributed by atoms with Crippen LogP contribution in [-0.2, 0) is 7.05 Å². The lowest BCUT2D eigenvalue weighted by molar-refractivity contribution is -0.384. The summed E-state index contributed by atoms with van der Waals surface area (Å²) in [5.74, 6) is 0.901. The van der Waals surface area contributed by atoms with E-state index >= 15 is 0 Å². The van der Waals surface area contributed by atoms with Crippen LogP contribution in [-0.4, -0.2) is 40.9 Å². The van der Waals surface area contributed by atoms with Gasteiger partial charge in [-0.05, 0) is 6.92 Å². The number of piperazine rings is 1. The van der Waals surface area contributed by atoms with E-state index in [-0.39, 0.29) is 15.7 Å². The van der Waals surface area contributed by atoms with Gasteiger partial charge < -0.3 is 15.5 Å². The third-order valence-electron chi connectivity index (χ3n) is 4.35. The highest BCUT2D eigenvalue weighted by Crippen LogP contribution is 2.38. The lowest BCUT2D eigenvalue weighted by Crippen LogP contribution is -2.47. The first-order valence-electron chi connectivity index (χ1n) is 7.72. The van der Waals surface area contributed by atoms with Gasteiger partial charge in [-0.1, -0.05) is 23.2 Å². The zero-order valence-corrected chi connectivity index (χ0v) is 15.4. The molecule has 0 unspecified atom stereocenters. The molecule has 10 heteroatoms. The van der Waals surface area contributed by atoms with E-state index in [2.05, 4.69) is 10.00 Å². The molecule has 2 aromatic rings. The molecule has 1 aromatic heterocycles. The zero-order chi connectivity index (χ0) is 18.3. The average molecular weight is 385 g/mol. The van der Waals surface area contributed by atoms with E-state index in [9.17, 15) is 10.1 Å².